The molecule has 3 atom stereocenters. The molecule has 2 fully saturated rings. The smallest absolute Gasteiger partial charge is 0.272 e. The Morgan fingerprint density at radius 3 is 3.04 bits per heavy atom. The Kier molecular flexibility index (Phi) is 4.63. The number of hydrogen-bond donors (Lipinski definition) is 1. The van der Waals surface area contributed by atoms with Crippen molar-refractivity contribution in [2.75, 3.05) is 31.6 Å². The average Bonchev–Trinajstić information content (AvgIpc) is 3.34. The summed E-state index contributed by atoms with van der Waals surface area (Å²) in [6, 6.07) is 7.72. The Morgan fingerprint density at radius 2 is 2.27 bits per heavy atom. The highest BCUT2D eigenvalue weighted by atomic mass is 16.5. The lowest BCUT2D eigenvalue weighted by molar-refractivity contribution is 0.0670. The van der Waals surface area contributed by atoms with Crippen LogP contribution < -0.4 is 5.32 Å². The molecule has 0 aliphatic carbocycles. The topological polar surface area (TPSA) is 72.3 Å². The maximum atomic E-state index is 12.9. The van der Waals surface area contributed by atoms with E-state index in [-0.39, 0.29) is 12.0 Å². The van der Waals surface area contributed by atoms with Crippen LogP contribution in [0, 0.1) is 18.8 Å². The summed E-state index contributed by atoms with van der Waals surface area (Å²) in [6.07, 6.45) is 1.92. The number of aryl methyl sites for hydroxylation is 2. The van der Waals surface area contributed by atoms with Gasteiger partial charge >= 0.3 is 0 Å². The molecule has 0 spiro atoms. The molecule has 4 heterocycles. The van der Waals surface area contributed by atoms with Crippen LogP contribution in [0.1, 0.15) is 23.1 Å². The second-order valence-corrected chi connectivity index (χ2v) is 7.09. The Balaban J connectivity index is 1.40. The van der Waals surface area contributed by atoms with E-state index in [9.17, 15) is 4.79 Å². The monoisotopic (exact) mass is 355 g/mol. The Labute approximate surface area is 153 Å². The number of pyridine rings is 1. The average molecular weight is 355 g/mol. The van der Waals surface area contributed by atoms with E-state index in [0.29, 0.717) is 30.6 Å². The first-order chi connectivity index (χ1) is 12.7. The lowest BCUT2D eigenvalue weighted by Gasteiger charge is -2.20. The Bertz CT molecular complexity index is 775. The van der Waals surface area contributed by atoms with Crippen molar-refractivity contribution < 1.29 is 9.53 Å². The SMILES string of the molecule is CCn1nc(C)cc1C(=O)N1C[C@@H]2[C@@H](CNc3ccccn3)CO[C@@H]2C1. The number of likely N-dealkylation sites (tertiary alicyclic amines) is 1. The van der Waals surface area contributed by atoms with Gasteiger partial charge in [0.2, 0.25) is 0 Å². The lowest BCUT2D eigenvalue weighted by Crippen LogP contribution is -2.33. The number of aromatic nitrogens is 3. The van der Waals surface area contributed by atoms with E-state index in [1.54, 1.807) is 10.9 Å². The summed E-state index contributed by atoms with van der Waals surface area (Å²) in [5.41, 5.74) is 1.55. The van der Waals surface area contributed by atoms with E-state index >= 15 is 0 Å². The zero-order valence-electron chi connectivity index (χ0n) is 15.3. The minimum Gasteiger partial charge on any atom is -0.376 e. The molecule has 2 aromatic heterocycles. The van der Waals surface area contributed by atoms with E-state index in [1.807, 2.05) is 43.0 Å². The zero-order valence-corrected chi connectivity index (χ0v) is 15.3. The highest BCUT2D eigenvalue weighted by Gasteiger charge is 2.45. The molecule has 4 rings (SSSR count). The number of rotatable bonds is 5. The molecule has 2 saturated heterocycles. The Hall–Kier alpha value is -2.41. The summed E-state index contributed by atoms with van der Waals surface area (Å²) in [6.45, 7) is 7.58. The summed E-state index contributed by atoms with van der Waals surface area (Å²) in [5, 5.41) is 7.78. The second-order valence-electron chi connectivity index (χ2n) is 7.09. The first-order valence-electron chi connectivity index (χ1n) is 9.26. The highest BCUT2D eigenvalue weighted by molar-refractivity contribution is 5.93. The number of nitrogens with zero attached hydrogens (tertiary/aromatic N) is 4. The fourth-order valence-electron chi connectivity index (χ4n) is 4.00. The predicted molar refractivity (Wildman–Crippen MR) is 98.0 cm³/mol. The molecule has 1 N–H and O–H groups in total. The van der Waals surface area contributed by atoms with Crippen LogP contribution in [-0.2, 0) is 11.3 Å². The van der Waals surface area contributed by atoms with Crippen molar-refractivity contribution >= 4 is 11.7 Å². The molecule has 7 heteroatoms. The second kappa shape index (κ2) is 7.07. The zero-order chi connectivity index (χ0) is 18.1. The maximum Gasteiger partial charge on any atom is 0.272 e. The third-order valence-corrected chi connectivity index (χ3v) is 5.36. The molecule has 0 radical (unpaired) electrons. The van der Waals surface area contributed by atoms with Crippen LogP contribution >= 0.6 is 0 Å². The summed E-state index contributed by atoms with van der Waals surface area (Å²) >= 11 is 0. The van der Waals surface area contributed by atoms with E-state index < -0.39 is 0 Å². The summed E-state index contributed by atoms with van der Waals surface area (Å²) in [5.74, 6) is 1.69. The van der Waals surface area contributed by atoms with Gasteiger partial charge in [0.25, 0.3) is 5.91 Å². The minimum absolute atomic E-state index is 0.0573. The molecule has 26 heavy (non-hydrogen) atoms. The molecule has 0 bridgehead atoms. The van der Waals surface area contributed by atoms with Crippen LogP contribution in [0.4, 0.5) is 5.82 Å². The molecule has 0 aromatic carbocycles. The number of fused-ring (bicyclic) bond motifs is 1. The van der Waals surface area contributed by atoms with Crippen LogP contribution in [0.15, 0.2) is 30.5 Å². The molecule has 0 unspecified atom stereocenters. The number of amides is 1. The number of ether oxygens (including phenoxy) is 1. The molecular weight excluding hydrogens is 330 g/mol. The van der Waals surface area contributed by atoms with Gasteiger partial charge in [-0.25, -0.2) is 4.98 Å². The van der Waals surface area contributed by atoms with Gasteiger partial charge < -0.3 is 15.0 Å². The van der Waals surface area contributed by atoms with E-state index in [4.69, 9.17) is 4.74 Å². The highest BCUT2D eigenvalue weighted by Crippen LogP contribution is 2.34. The van der Waals surface area contributed by atoms with Gasteiger partial charge in [-0.2, -0.15) is 5.10 Å². The fourth-order valence-corrected chi connectivity index (χ4v) is 4.00. The predicted octanol–water partition coefficient (Wildman–Crippen LogP) is 1.81. The van der Waals surface area contributed by atoms with Gasteiger partial charge in [0.15, 0.2) is 0 Å². The van der Waals surface area contributed by atoms with Crippen molar-refractivity contribution in [2.45, 2.75) is 26.5 Å². The van der Waals surface area contributed by atoms with Crippen molar-refractivity contribution in [3.8, 4) is 0 Å². The van der Waals surface area contributed by atoms with Gasteiger partial charge in [-0.05, 0) is 32.0 Å². The minimum atomic E-state index is 0.0573. The first kappa shape index (κ1) is 17.0. The number of carbonyl (C=O) groups excluding carboxylic acids is 1. The van der Waals surface area contributed by atoms with Crippen molar-refractivity contribution in [2.24, 2.45) is 11.8 Å². The van der Waals surface area contributed by atoms with Crippen molar-refractivity contribution in [3.05, 3.63) is 41.9 Å². The molecule has 1 amide bonds. The van der Waals surface area contributed by atoms with Gasteiger partial charge in [0, 0.05) is 44.2 Å². The van der Waals surface area contributed by atoms with Crippen LogP contribution in [0.2, 0.25) is 0 Å². The summed E-state index contributed by atoms with van der Waals surface area (Å²) in [4.78, 5) is 19.2. The summed E-state index contributed by atoms with van der Waals surface area (Å²) < 4.78 is 7.76. The maximum absolute atomic E-state index is 12.9. The van der Waals surface area contributed by atoms with Crippen LogP contribution in [0.25, 0.3) is 0 Å². The normalized spacial score (nSPS) is 24.7. The van der Waals surface area contributed by atoms with Gasteiger partial charge in [-0.3, -0.25) is 9.48 Å². The van der Waals surface area contributed by atoms with Crippen LogP contribution in [0.5, 0.6) is 0 Å². The van der Waals surface area contributed by atoms with E-state index in [1.165, 1.54) is 0 Å². The molecule has 2 aliphatic rings. The molecule has 0 saturated carbocycles. The largest absolute Gasteiger partial charge is 0.376 e. The van der Waals surface area contributed by atoms with Crippen LogP contribution in [-0.4, -0.2) is 57.9 Å². The van der Waals surface area contributed by atoms with Crippen molar-refractivity contribution in [1.29, 1.82) is 0 Å². The quantitative estimate of drug-likeness (QED) is 0.886. The Morgan fingerprint density at radius 1 is 1.38 bits per heavy atom. The number of nitrogens with one attached hydrogen (secondary N) is 1. The molecule has 2 aliphatic heterocycles. The van der Waals surface area contributed by atoms with Gasteiger partial charge in [-0.15, -0.1) is 0 Å². The van der Waals surface area contributed by atoms with Gasteiger partial charge in [0.1, 0.15) is 11.5 Å². The third kappa shape index (κ3) is 3.19. The summed E-state index contributed by atoms with van der Waals surface area (Å²) in [7, 11) is 0. The van der Waals surface area contributed by atoms with Crippen molar-refractivity contribution in [1.82, 2.24) is 19.7 Å². The van der Waals surface area contributed by atoms with E-state index in [2.05, 4.69) is 15.4 Å². The number of carbonyl (C=O) groups is 1. The van der Waals surface area contributed by atoms with Gasteiger partial charge in [-0.1, -0.05) is 6.07 Å². The van der Waals surface area contributed by atoms with Gasteiger partial charge in [0.05, 0.1) is 18.4 Å². The lowest BCUT2D eigenvalue weighted by atomic mass is 9.93. The first-order valence-corrected chi connectivity index (χ1v) is 9.26. The standard InChI is InChI=1S/C19H25N5O2/c1-3-24-16(8-13(2)22-24)19(25)23-10-15-14(12-26-17(15)11-23)9-21-18-6-4-5-7-20-18/h4-8,14-15,17H,3,9-12H2,1-2H3,(H,20,21)/t14-,15+,17+/m0/s1. The molecule has 138 valence electrons. The number of anilines is 1. The molecule has 2 aromatic rings. The van der Waals surface area contributed by atoms with E-state index in [0.717, 1.165) is 31.2 Å². The molecule has 7 nitrogen and oxygen atoms in total. The van der Waals surface area contributed by atoms with Crippen LogP contribution in [0.3, 0.4) is 0 Å². The van der Waals surface area contributed by atoms with Crippen molar-refractivity contribution in [3.63, 3.8) is 0 Å². The third-order valence-electron chi connectivity index (χ3n) is 5.36. The molecular formula is C19H25N5O2. The fraction of sp³-hybridized carbons (Fsp3) is 0.526. The number of hydrogen-bond acceptors (Lipinski definition) is 5.